The first-order valence-corrected chi connectivity index (χ1v) is 8.06. The molecule has 106 valence electrons. The van der Waals surface area contributed by atoms with Gasteiger partial charge in [0.15, 0.2) is 0 Å². The molecule has 1 aromatic rings. The number of rotatable bonds is 9. The highest BCUT2D eigenvalue weighted by Gasteiger charge is 2.13. The van der Waals surface area contributed by atoms with Crippen molar-refractivity contribution in [3.8, 4) is 0 Å². The third-order valence-corrected chi connectivity index (χ3v) is 4.12. The van der Waals surface area contributed by atoms with E-state index in [9.17, 15) is 4.39 Å². The number of benzene rings is 1. The summed E-state index contributed by atoms with van der Waals surface area (Å²) >= 11 is 2.22. The van der Waals surface area contributed by atoms with Crippen molar-refractivity contribution in [3.05, 3.63) is 45.8 Å². The van der Waals surface area contributed by atoms with Crippen molar-refractivity contribution >= 4 is 22.6 Å². The molecule has 0 heterocycles. The molecule has 1 N–H and O–H groups in total. The summed E-state index contributed by atoms with van der Waals surface area (Å²) in [6, 6.07) is 5.41. The monoisotopic (exact) mass is 375 g/mol. The first-order valence-electron chi connectivity index (χ1n) is 6.98. The van der Waals surface area contributed by atoms with E-state index < -0.39 is 0 Å². The predicted octanol–water partition coefficient (Wildman–Crippen LogP) is 5.22. The van der Waals surface area contributed by atoms with E-state index in [1.807, 2.05) is 12.1 Å². The van der Waals surface area contributed by atoms with E-state index in [-0.39, 0.29) is 5.82 Å². The molecule has 1 aromatic carbocycles. The van der Waals surface area contributed by atoms with Crippen LogP contribution in [0.5, 0.6) is 0 Å². The van der Waals surface area contributed by atoms with Crippen molar-refractivity contribution in [1.29, 1.82) is 0 Å². The molecule has 1 unspecified atom stereocenters. The number of allylic oxidation sites excluding steroid dienone is 1. The lowest BCUT2D eigenvalue weighted by molar-refractivity contribution is 0.481. The Kier molecular flexibility index (Phi) is 8.30. The fourth-order valence-electron chi connectivity index (χ4n) is 2.21. The molecule has 0 saturated heterocycles. The molecule has 0 saturated carbocycles. The molecule has 1 rings (SSSR count). The van der Waals surface area contributed by atoms with Crippen LogP contribution in [0.2, 0.25) is 0 Å². The second kappa shape index (κ2) is 9.48. The third-order valence-electron chi connectivity index (χ3n) is 3.19. The van der Waals surface area contributed by atoms with Crippen LogP contribution >= 0.6 is 22.6 Å². The summed E-state index contributed by atoms with van der Waals surface area (Å²) in [5.74, 6) is -0.158. The summed E-state index contributed by atoms with van der Waals surface area (Å²) in [6.07, 6.45) is 7.81. The zero-order chi connectivity index (χ0) is 14.1. The lowest BCUT2D eigenvalue weighted by Gasteiger charge is -2.19. The van der Waals surface area contributed by atoms with Gasteiger partial charge in [0.05, 0.1) is 0 Å². The van der Waals surface area contributed by atoms with Crippen molar-refractivity contribution in [3.63, 3.8) is 0 Å². The van der Waals surface area contributed by atoms with Crippen LogP contribution in [-0.2, 0) is 0 Å². The van der Waals surface area contributed by atoms with E-state index in [4.69, 9.17) is 0 Å². The fourth-order valence-corrected chi connectivity index (χ4v) is 3.07. The van der Waals surface area contributed by atoms with Gasteiger partial charge in [-0.1, -0.05) is 31.9 Å². The number of nitrogens with one attached hydrogen (secondary N) is 1. The van der Waals surface area contributed by atoms with E-state index in [0.29, 0.717) is 6.04 Å². The Labute approximate surface area is 129 Å². The van der Waals surface area contributed by atoms with Gasteiger partial charge < -0.3 is 5.32 Å². The average Bonchev–Trinajstić information content (AvgIpc) is 2.38. The molecule has 1 atom stereocenters. The Bertz CT molecular complexity index is 392. The predicted molar refractivity (Wildman–Crippen MR) is 88.8 cm³/mol. The van der Waals surface area contributed by atoms with Crippen LogP contribution < -0.4 is 5.32 Å². The van der Waals surface area contributed by atoms with Crippen LogP contribution in [-0.4, -0.2) is 6.54 Å². The van der Waals surface area contributed by atoms with Gasteiger partial charge >= 0.3 is 0 Å². The highest BCUT2D eigenvalue weighted by atomic mass is 127. The zero-order valence-corrected chi connectivity index (χ0v) is 13.7. The minimum absolute atomic E-state index is 0.158. The van der Waals surface area contributed by atoms with E-state index in [2.05, 4.69) is 41.4 Å². The Hall–Kier alpha value is -0.420. The second-order valence-electron chi connectivity index (χ2n) is 4.70. The van der Waals surface area contributed by atoms with Crippen molar-refractivity contribution in [1.82, 2.24) is 5.32 Å². The molecule has 0 aromatic heterocycles. The van der Waals surface area contributed by atoms with Crippen molar-refractivity contribution in [2.24, 2.45) is 0 Å². The topological polar surface area (TPSA) is 12.0 Å². The van der Waals surface area contributed by atoms with Gasteiger partial charge in [0.2, 0.25) is 0 Å². The van der Waals surface area contributed by atoms with Crippen LogP contribution in [0.25, 0.3) is 0 Å². The standard InChI is InChI=1S/C16H23FIN/c1-3-5-6-7-8-9-16(19-4-2)14-11-10-13(17)12-15(14)18/h3,10-12,16,19H,1,4-9H2,2H3. The quantitative estimate of drug-likeness (QED) is 0.355. The molecule has 0 aliphatic rings. The van der Waals surface area contributed by atoms with Crippen molar-refractivity contribution in [2.75, 3.05) is 6.54 Å². The summed E-state index contributed by atoms with van der Waals surface area (Å²) < 4.78 is 14.2. The molecule has 0 amide bonds. The molecular weight excluding hydrogens is 352 g/mol. The number of hydrogen-bond acceptors (Lipinski definition) is 1. The molecule has 3 heteroatoms. The van der Waals surface area contributed by atoms with E-state index in [1.165, 1.54) is 24.8 Å². The maximum atomic E-state index is 13.2. The molecule has 1 nitrogen and oxygen atoms in total. The van der Waals surface area contributed by atoms with Gasteiger partial charge in [0.1, 0.15) is 5.82 Å². The second-order valence-corrected chi connectivity index (χ2v) is 5.86. The van der Waals surface area contributed by atoms with Crippen molar-refractivity contribution < 1.29 is 4.39 Å². The first kappa shape index (κ1) is 16.6. The Morgan fingerprint density at radius 1 is 1.37 bits per heavy atom. The molecule has 0 aliphatic heterocycles. The Balaban J connectivity index is 2.58. The molecule has 0 spiro atoms. The fraction of sp³-hybridized carbons (Fsp3) is 0.500. The summed E-state index contributed by atoms with van der Waals surface area (Å²) in [7, 11) is 0. The smallest absolute Gasteiger partial charge is 0.124 e. The van der Waals surface area contributed by atoms with Crippen LogP contribution in [0, 0.1) is 9.39 Å². The van der Waals surface area contributed by atoms with Gasteiger partial charge in [0, 0.05) is 9.61 Å². The lowest BCUT2D eigenvalue weighted by atomic mass is 10.00. The molecule has 0 bridgehead atoms. The third kappa shape index (κ3) is 6.04. The van der Waals surface area contributed by atoms with Crippen LogP contribution in [0.15, 0.2) is 30.9 Å². The largest absolute Gasteiger partial charge is 0.310 e. The highest BCUT2D eigenvalue weighted by molar-refractivity contribution is 14.1. The van der Waals surface area contributed by atoms with Gasteiger partial charge in [0.25, 0.3) is 0 Å². The van der Waals surface area contributed by atoms with Crippen LogP contribution in [0.3, 0.4) is 0 Å². The van der Waals surface area contributed by atoms with Gasteiger partial charge in [-0.05, 0) is 66.1 Å². The van der Waals surface area contributed by atoms with Gasteiger partial charge in [-0.2, -0.15) is 0 Å². The Morgan fingerprint density at radius 3 is 2.79 bits per heavy atom. The summed E-state index contributed by atoms with van der Waals surface area (Å²) in [6.45, 7) is 6.79. The normalized spacial score (nSPS) is 12.4. The molecule has 19 heavy (non-hydrogen) atoms. The highest BCUT2D eigenvalue weighted by Crippen LogP contribution is 2.25. The summed E-state index contributed by atoms with van der Waals surface area (Å²) in [5.41, 5.74) is 1.22. The van der Waals surface area contributed by atoms with Crippen molar-refractivity contribution in [2.45, 2.75) is 45.1 Å². The maximum absolute atomic E-state index is 13.2. The number of hydrogen-bond donors (Lipinski definition) is 1. The van der Waals surface area contributed by atoms with Crippen LogP contribution in [0.1, 0.15) is 50.6 Å². The summed E-state index contributed by atoms with van der Waals surface area (Å²) in [4.78, 5) is 0. The zero-order valence-electron chi connectivity index (χ0n) is 11.6. The SMILES string of the molecule is C=CCCCCCC(NCC)c1ccc(F)cc1I. The van der Waals surface area contributed by atoms with Gasteiger partial charge in [-0.25, -0.2) is 4.39 Å². The molecule has 0 fully saturated rings. The van der Waals surface area contributed by atoms with E-state index in [0.717, 1.165) is 23.0 Å². The van der Waals surface area contributed by atoms with E-state index in [1.54, 1.807) is 12.1 Å². The first-order chi connectivity index (χ1) is 9.19. The summed E-state index contributed by atoms with van der Waals surface area (Å²) in [5, 5.41) is 3.50. The number of halogens is 2. The Morgan fingerprint density at radius 2 is 2.16 bits per heavy atom. The minimum atomic E-state index is -0.158. The average molecular weight is 375 g/mol. The molecular formula is C16H23FIN. The van der Waals surface area contributed by atoms with Gasteiger partial charge in [-0.15, -0.1) is 6.58 Å². The minimum Gasteiger partial charge on any atom is -0.310 e. The lowest BCUT2D eigenvalue weighted by Crippen LogP contribution is -2.21. The van der Waals surface area contributed by atoms with Gasteiger partial charge in [-0.3, -0.25) is 0 Å². The van der Waals surface area contributed by atoms with Crippen LogP contribution in [0.4, 0.5) is 4.39 Å². The molecule has 0 aliphatic carbocycles. The molecule has 0 radical (unpaired) electrons. The van der Waals surface area contributed by atoms with E-state index >= 15 is 0 Å². The maximum Gasteiger partial charge on any atom is 0.124 e. The number of unbranched alkanes of at least 4 members (excludes halogenated alkanes) is 3.